The monoisotopic (exact) mass is 330 g/mol. The van der Waals surface area contributed by atoms with Crippen molar-refractivity contribution in [3.05, 3.63) is 25.8 Å². The molecule has 0 bridgehead atoms. The average molecular weight is 331 g/mol. The van der Waals surface area contributed by atoms with Crippen LogP contribution in [0.4, 0.5) is 0 Å². The second-order valence-corrected chi connectivity index (χ2v) is 2.48. The smallest absolute Gasteiger partial charge is 1.00 e. The number of ether oxygens (including phenoxy) is 1. The summed E-state index contributed by atoms with van der Waals surface area (Å²) >= 11 is 0. The van der Waals surface area contributed by atoms with Crippen molar-refractivity contribution in [2.45, 2.75) is 26.9 Å². The van der Waals surface area contributed by atoms with E-state index >= 15 is 0 Å². The minimum atomic E-state index is -0.0370. The van der Waals surface area contributed by atoms with Crippen LogP contribution in [0.25, 0.3) is 0 Å². The maximum absolute atomic E-state index is 10.1. The van der Waals surface area contributed by atoms with Crippen LogP contribution in [0.2, 0.25) is 0 Å². The molecule has 1 saturated heterocycles. The van der Waals surface area contributed by atoms with Gasteiger partial charge in [0.05, 0.1) is 6.61 Å². The Morgan fingerprint density at radius 3 is 1.56 bits per heavy atom. The van der Waals surface area contributed by atoms with Crippen molar-refractivity contribution in [2.75, 3.05) is 6.61 Å². The second kappa shape index (κ2) is 25.5. The Morgan fingerprint density at radius 1 is 1.33 bits per heavy atom. The number of allylic oxidation sites excluding steroid dienone is 1. The topological polar surface area (TPSA) is 63.7 Å². The summed E-state index contributed by atoms with van der Waals surface area (Å²) in [5.41, 5.74) is 0. The normalized spacial score (nSPS) is 12.7. The van der Waals surface area contributed by atoms with Crippen LogP contribution >= 0.6 is 0 Å². The summed E-state index contributed by atoms with van der Waals surface area (Å²) in [7, 11) is 0. The van der Waals surface area contributed by atoms with Gasteiger partial charge in [-0.1, -0.05) is 6.58 Å². The van der Waals surface area contributed by atoms with Crippen molar-refractivity contribution in [3.8, 4) is 0 Å². The number of rotatable bonds is 2. The first-order valence-corrected chi connectivity index (χ1v) is 4.55. The number of halogens is 1. The van der Waals surface area contributed by atoms with Crippen LogP contribution in [0.5, 0.6) is 0 Å². The fraction of sp³-hybridized carbons (Fsp3) is 0.417. The Bertz CT molecular complexity index is 228. The molecule has 0 aromatic heterocycles. The maximum Gasteiger partial charge on any atom is 2.00 e. The first-order chi connectivity index (χ1) is 7.49. The van der Waals surface area contributed by atoms with Gasteiger partial charge in [-0.2, -0.15) is 0 Å². The second-order valence-electron chi connectivity index (χ2n) is 2.48. The van der Waals surface area contributed by atoms with Crippen molar-refractivity contribution in [2.24, 2.45) is 0 Å². The fourth-order valence-electron chi connectivity index (χ4n) is 0.283. The van der Waals surface area contributed by atoms with Gasteiger partial charge in [0.2, 0.25) is 0 Å². The van der Waals surface area contributed by atoms with Crippen LogP contribution in [0, 0.1) is 6.58 Å². The largest absolute Gasteiger partial charge is 2.00 e. The molecule has 0 N–H and O–H groups in total. The molecule has 0 amide bonds. The fourth-order valence-corrected chi connectivity index (χ4v) is 0.283. The summed E-state index contributed by atoms with van der Waals surface area (Å²) in [6.45, 7) is 15.3. The zero-order valence-corrected chi connectivity index (χ0v) is 14.1. The summed E-state index contributed by atoms with van der Waals surface area (Å²) in [6, 6.07) is 0. The molecule has 0 aromatic rings. The summed E-state index contributed by atoms with van der Waals surface area (Å²) in [4.78, 5) is 28.6. The molecule has 1 atom stereocenters. The molecule has 1 aliphatic heterocycles. The number of carbonyl (C=O) groups is 3. The van der Waals surface area contributed by atoms with Crippen LogP contribution in [0.3, 0.4) is 0 Å². The SMILES string of the molecule is C=CC(C)=O.CC(=O)C1CO1.CC=O.[Br-].[CH-]=C.[Mg+2]. The number of carbonyl (C=O) groups excluding carboxylic acids is 3. The molecule has 4 nitrogen and oxygen atoms in total. The van der Waals surface area contributed by atoms with Crippen LogP contribution in [-0.2, 0) is 19.1 Å². The van der Waals surface area contributed by atoms with Crippen molar-refractivity contribution in [1.29, 1.82) is 0 Å². The Morgan fingerprint density at radius 2 is 1.56 bits per heavy atom. The van der Waals surface area contributed by atoms with Gasteiger partial charge in [-0.3, -0.25) is 16.2 Å². The minimum Gasteiger partial charge on any atom is -1.00 e. The van der Waals surface area contributed by atoms with Crippen molar-refractivity contribution in [1.82, 2.24) is 0 Å². The van der Waals surface area contributed by atoms with E-state index in [1.807, 2.05) is 0 Å². The molecular formula is C12H19BrMgO4. The Kier molecular flexibility index (Phi) is 43.4. The first kappa shape index (κ1) is 30.6. The van der Waals surface area contributed by atoms with E-state index in [1.54, 1.807) is 0 Å². The minimum absolute atomic E-state index is 0. The van der Waals surface area contributed by atoms with Crippen molar-refractivity contribution < 1.29 is 36.1 Å². The van der Waals surface area contributed by atoms with Crippen molar-refractivity contribution in [3.63, 3.8) is 0 Å². The van der Waals surface area contributed by atoms with Gasteiger partial charge in [0.15, 0.2) is 11.6 Å². The molecule has 1 fully saturated rings. The molecule has 1 unspecified atom stereocenters. The molecular weight excluding hydrogens is 312 g/mol. The van der Waals surface area contributed by atoms with E-state index in [-0.39, 0.29) is 57.7 Å². The maximum atomic E-state index is 10.1. The van der Waals surface area contributed by atoms with Gasteiger partial charge in [0, 0.05) is 0 Å². The number of hydrogen-bond donors (Lipinski definition) is 0. The predicted molar refractivity (Wildman–Crippen MR) is 68.7 cm³/mol. The van der Waals surface area contributed by atoms with Gasteiger partial charge in [-0.15, -0.1) is 0 Å². The van der Waals surface area contributed by atoms with E-state index in [0.717, 1.165) is 6.29 Å². The van der Waals surface area contributed by atoms with Gasteiger partial charge in [0.25, 0.3) is 0 Å². The molecule has 0 saturated carbocycles. The Balaban J connectivity index is -0.0000000435. The number of ketones is 2. The quantitative estimate of drug-likeness (QED) is 0.196. The molecule has 1 heterocycles. The Labute approximate surface area is 136 Å². The average Bonchev–Trinajstić information content (AvgIpc) is 3.06. The van der Waals surface area contributed by atoms with Gasteiger partial charge in [0.1, 0.15) is 12.4 Å². The van der Waals surface area contributed by atoms with Crippen LogP contribution in [-0.4, -0.2) is 53.6 Å². The zero-order chi connectivity index (χ0) is 13.6. The van der Waals surface area contributed by atoms with Gasteiger partial charge >= 0.3 is 23.1 Å². The van der Waals surface area contributed by atoms with E-state index in [4.69, 9.17) is 4.79 Å². The molecule has 1 aliphatic rings. The predicted octanol–water partition coefficient (Wildman–Crippen LogP) is -1.83. The molecule has 0 radical (unpaired) electrons. The number of epoxide rings is 1. The van der Waals surface area contributed by atoms with Crippen LogP contribution < -0.4 is 17.0 Å². The molecule has 1 rings (SSSR count). The van der Waals surface area contributed by atoms with E-state index in [0.29, 0.717) is 6.61 Å². The molecule has 0 aromatic carbocycles. The van der Waals surface area contributed by atoms with Crippen LogP contribution in [0.1, 0.15) is 20.8 Å². The summed E-state index contributed by atoms with van der Waals surface area (Å²) in [6.07, 6.45) is 1.99. The summed E-state index contributed by atoms with van der Waals surface area (Å²) < 4.78 is 4.62. The van der Waals surface area contributed by atoms with Gasteiger partial charge < -0.3 is 33.1 Å². The van der Waals surface area contributed by atoms with Gasteiger partial charge in [-0.25, -0.2) is 0 Å². The van der Waals surface area contributed by atoms with E-state index in [1.165, 1.54) is 26.8 Å². The summed E-state index contributed by atoms with van der Waals surface area (Å²) in [5, 5.41) is 0. The molecule has 6 heteroatoms. The Hall–Kier alpha value is -0.304. The number of aldehydes is 1. The van der Waals surface area contributed by atoms with Crippen molar-refractivity contribution >= 4 is 40.9 Å². The third kappa shape index (κ3) is 44.8. The van der Waals surface area contributed by atoms with Gasteiger partial charge in [-0.05, 0) is 26.8 Å². The van der Waals surface area contributed by atoms with E-state index < -0.39 is 0 Å². The first-order valence-electron chi connectivity index (χ1n) is 4.55. The molecule has 18 heavy (non-hydrogen) atoms. The molecule has 0 spiro atoms. The third-order valence-electron chi connectivity index (χ3n) is 1.07. The molecule has 100 valence electrons. The third-order valence-corrected chi connectivity index (χ3v) is 1.07. The number of hydrogen-bond acceptors (Lipinski definition) is 4. The van der Waals surface area contributed by atoms with E-state index in [2.05, 4.69) is 24.5 Å². The standard InChI is InChI=1S/C4H6O2.C4H6O.C2H4O.C2H3.BrH.Mg/c1-3(5)4-2-6-4;1-3-4(2)5;1-2-3;1-2;;/h4H,2H2,1H3;3H,1H2,2H3;2H,1H3;1H,2H2;1H;/q;;;-1;;+2/p-1. The van der Waals surface area contributed by atoms with E-state index in [9.17, 15) is 9.59 Å². The molecule has 0 aliphatic carbocycles. The number of Topliss-reactive ketones (excluding diaryl/α,β-unsaturated/α-hetero) is 1. The van der Waals surface area contributed by atoms with Crippen LogP contribution in [0.15, 0.2) is 19.2 Å². The zero-order valence-electron chi connectivity index (χ0n) is 11.1. The summed E-state index contributed by atoms with van der Waals surface area (Å²) in [5.74, 6) is 0.167.